The highest BCUT2D eigenvalue weighted by atomic mass is 32.1. The minimum Gasteiger partial charge on any atom is -0.393 e. The normalized spacial score (nSPS) is 22.0. The van der Waals surface area contributed by atoms with E-state index >= 15 is 0 Å². The summed E-state index contributed by atoms with van der Waals surface area (Å²) in [6.45, 7) is 5.56. The van der Waals surface area contributed by atoms with Gasteiger partial charge in [-0.2, -0.15) is 0 Å². The predicted octanol–water partition coefficient (Wildman–Crippen LogP) is 1.80. The molecule has 6 heteroatoms. The van der Waals surface area contributed by atoms with Crippen LogP contribution < -0.4 is 5.56 Å². The Morgan fingerprint density at radius 1 is 1.43 bits per heavy atom. The lowest BCUT2D eigenvalue weighted by Gasteiger charge is -2.34. The molecular weight excluding hydrogens is 286 g/mol. The summed E-state index contributed by atoms with van der Waals surface area (Å²) in [6.07, 6.45) is 1.66. The van der Waals surface area contributed by atoms with Crippen LogP contribution in [0.1, 0.15) is 29.1 Å². The second-order valence-electron chi connectivity index (χ2n) is 6.16. The number of thiophene rings is 1. The van der Waals surface area contributed by atoms with Crippen LogP contribution in [0.5, 0.6) is 0 Å². The molecule has 2 N–H and O–H groups in total. The first kappa shape index (κ1) is 14.7. The molecule has 2 aromatic heterocycles. The number of nitrogens with one attached hydrogen (secondary N) is 1. The molecule has 114 valence electrons. The van der Waals surface area contributed by atoms with E-state index in [1.165, 1.54) is 0 Å². The lowest BCUT2D eigenvalue weighted by atomic mass is 9.82. The molecule has 1 fully saturated rings. The highest BCUT2D eigenvalue weighted by Gasteiger charge is 2.28. The number of aliphatic hydroxyl groups excluding tert-OH is 1. The average Bonchev–Trinajstić information content (AvgIpc) is 2.63. The quantitative estimate of drug-likeness (QED) is 0.904. The molecule has 0 radical (unpaired) electrons. The molecule has 0 bridgehead atoms. The van der Waals surface area contributed by atoms with Crippen molar-refractivity contribution in [3.8, 4) is 0 Å². The number of fused-ring (bicyclic) bond motifs is 1. The van der Waals surface area contributed by atoms with Crippen molar-refractivity contribution in [1.82, 2.24) is 14.9 Å². The number of nitrogens with zero attached hydrogens (tertiary/aromatic N) is 2. The van der Waals surface area contributed by atoms with Crippen LogP contribution in [0.3, 0.4) is 0 Å². The van der Waals surface area contributed by atoms with E-state index in [4.69, 9.17) is 0 Å². The van der Waals surface area contributed by atoms with Gasteiger partial charge in [-0.25, -0.2) is 4.98 Å². The van der Waals surface area contributed by atoms with Crippen molar-refractivity contribution in [1.29, 1.82) is 0 Å². The lowest BCUT2D eigenvalue weighted by Crippen LogP contribution is -2.37. The molecule has 21 heavy (non-hydrogen) atoms. The summed E-state index contributed by atoms with van der Waals surface area (Å²) in [4.78, 5) is 23.8. The molecule has 0 saturated heterocycles. The van der Waals surface area contributed by atoms with Crippen molar-refractivity contribution >= 4 is 21.6 Å². The summed E-state index contributed by atoms with van der Waals surface area (Å²) in [5.41, 5.74) is 0.997. The van der Waals surface area contributed by atoms with Crippen LogP contribution in [-0.4, -0.2) is 39.7 Å². The summed E-state index contributed by atoms with van der Waals surface area (Å²) in [5.74, 6) is 1.28. The van der Waals surface area contributed by atoms with Crippen LogP contribution in [0.25, 0.3) is 10.2 Å². The highest BCUT2D eigenvalue weighted by molar-refractivity contribution is 7.18. The molecule has 5 nitrogen and oxygen atoms in total. The van der Waals surface area contributed by atoms with Crippen molar-refractivity contribution < 1.29 is 5.11 Å². The van der Waals surface area contributed by atoms with E-state index < -0.39 is 0 Å². The zero-order valence-electron chi connectivity index (χ0n) is 12.6. The van der Waals surface area contributed by atoms with Crippen molar-refractivity contribution in [2.24, 2.45) is 5.92 Å². The first-order valence-corrected chi connectivity index (χ1v) is 8.11. The van der Waals surface area contributed by atoms with Crippen molar-refractivity contribution in [3.63, 3.8) is 0 Å². The Hall–Kier alpha value is -1.24. The SMILES string of the molecule is Cc1sc2nc(CN(C)CC3CC(O)C3)[nH]c(=O)c2c1C. The molecule has 0 unspecified atom stereocenters. The molecule has 0 aromatic carbocycles. The van der Waals surface area contributed by atoms with Gasteiger partial charge in [0.15, 0.2) is 0 Å². The van der Waals surface area contributed by atoms with Gasteiger partial charge in [-0.3, -0.25) is 9.69 Å². The van der Waals surface area contributed by atoms with Crippen LogP contribution >= 0.6 is 11.3 Å². The van der Waals surface area contributed by atoms with E-state index in [0.29, 0.717) is 12.5 Å². The van der Waals surface area contributed by atoms with Gasteiger partial charge in [0.2, 0.25) is 0 Å². The minimum absolute atomic E-state index is 0.0377. The number of aromatic amines is 1. The van der Waals surface area contributed by atoms with Crippen LogP contribution in [0.2, 0.25) is 0 Å². The molecule has 0 atom stereocenters. The summed E-state index contributed by atoms with van der Waals surface area (Å²) < 4.78 is 0. The maximum absolute atomic E-state index is 12.2. The van der Waals surface area contributed by atoms with Crippen molar-refractivity contribution in [2.75, 3.05) is 13.6 Å². The summed E-state index contributed by atoms with van der Waals surface area (Å²) in [6, 6.07) is 0. The molecule has 1 saturated carbocycles. The third-order valence-corrected chi connectivity index (χ3v) is 5.39. The molecule has 0 aliphatic heterocycles. The molecule has 0 amide bonds. The first-order chi connectivity index (χ1) is 9.94. The first-order valence-electron chi connectivity index (χ1n) is 7.29. The lowest BCUT2D eigenvalue weighted by molar-refractivity contribution is 0.0271. The average molecular weight is 307 g/mol. The van der Waals surface area contributed by atoms with Gasteiger partial charge in [-0.15, -0.1) is 11.3 Å². The molecule has 1 aliphatic rings. The number of rotatable bonds is 4. The third-order valence-electron chi connectivity index (χ3n) is 4.29. The van der Waals surface area contributed by atoms with E-state index in [0.717, 1.165) is 45.9 Å². The van der Waals surface area contributed by atoms with Crippen molar-refractivity contribution in [3.05, 3.63) is 26.6 Å². The van der Waals surface area contributed by atoms with E-state index in [2.05, 4.69) is 14.9 Å². The monoisotopic (exact) mass is 307 g/mol. The fourth-order valence-electron chi connectivity index (χ4n) is 2.98. The second kappa shape index (κ2) is 5.51. The Morgan fingerprint density at radius 3 is 2.81 bits per heavy atom. The number of aromatic nitrogens is 2. The maximum atomic E-state index is 12.2. The molecular formula is C15H21N3O2S. The smallest absolute Gasteiger partial charge is 0.259 e. The number of H-pyrrole nitrogens is 1. The molecule has 3 rings (SSSR count). The van der Waals surface area contributed by atoms with E-state index in [-0.39, 0.29) is 11.7 Å². The predicted molar refractivity (Wildman–Crippen MR) is 84.8 cm³/mol. The molecule has 1 aliphatic carbocycles. The molecule has 2 aromatic rings. The Balaban J connectivity index is 1.76. The number of aliphatic hydroxyl groups is 1. The maximum Gasteiger partial charge on any atom is 0.259 e. The van der Waals surface area contributed by atoms with Gasteiger partial charge in [-0.05, 0) is 45.2 Å². The second-order valence-corrected chi connectivity index (χ2v) is 7.37. The van der Waals surface area contributed by atoms with Gasteiger partial charge in [-0.1, -0.05) is 0 Å². The molecule has 0 spiro atoms. The number of hydrogen-bond donors (Lipinski definition) is 2. The fraction of sp³-hybridized carbons (Fsp3) is 0.600. The Labute approximate surface area is 127 Å². The minimum atomic E-state index is -0.116. The van der Waals surface area contributed by atoms with E-state index in [1.807, 2.05) is 20.9 Å². The standard InChI is InChI=1S/C15H21N3O2S/c1-8-9(2)21-15-13(8)14(20)16-12(17-15)7-18(3)6-10-4-11(19)5-10/h10-11,19H,4-7H2,1-3H3,(H,16,17,20). The van der Waals surface area contributed by atoms with Crippen molar-refractivity contribution in [2.45, 2.75) is 39.3 Å². The van der Waals surface area contributed by atoms with Crippen LogP contribution in [0.15, 0.2) is 4.79 Å². The Bertz CT molecular complexity index is 716. The Kier molecular flexibility index (Phi) is 3.86. The largest absolute Gasteiger partial charge is 0.393 e. The number of aryl methyl sites for hydroxylation is 2. The zero-order valence-corrected chi connectivity index (χ0v) is 13.5. The fourth-order valence-corrected chi connectivity index (χ4v) is 4.03. The van der Waals surface area contributed by atoms with Crippen LogP contribution in [0.4, 0.5) is 0 Å². The third kappa shape index (κ3) is 2.88. The van der Waals surface area contributed by atoms with Gasteiger partial charge in [0, 0.05) is 11.4 Å². The van der Waals surface area contributed by atoms with Gasteiger partial charge in [0.1, 0.15) is 10.7 Å². The topological polar surface area (TPSA) is 69.2 Å². The summed E-state index contributed by atoms with van der Waals surface area (Å²) in [5, 5.41) is 10.1. The molecule has 2 heterocycles. The van der Waals surface area contributed by atoms with Gasteiger partial charge in [0.05, 0.1) is 18.0 Å². The van der Waals surface area contributed by atoms with Gasteiger partial charge < -0.3 is 10.1 Å². The van der Waals surface area contributed by atoms with E-state index in [9.17, 15) is 9.90 Å². The Morgan fingerprint density at radius 2 is 2.14 bits per heavy atom. The van der Waals surface area contributed by atoms with Crippen LogP contribution in [-0.2, 0) is 6.54 Å². The number of hydrogen-bond acceptors (Lipinski definition) is 5. The van der Waals surface area contributed by atoms with E-state index in [1.54, 1.807) is 11.3 Å². The van der Waals surface area contributed by atoms with Gasteiger partial charge >= 0.3 is 0 Å². The summed E-state index contributed by atoms with van der Waals surface area (Å²) >= 11 is 1.58. The van der Waals surface area contributed by atoms with Gasteiger partial charge in [0.25, 0.3) is 5.56 Å². The zero-order chi connectivity index (χ0) is 15.1. The van der Waals surface area contributed by atoms with Crippen LogP contribution in [0, 0.1) is 19.8 Å². The highest BCUT2D eigenvalue weighted by Crippen LogP contribution is 2.28. The summed E-state index contributed by atoms with van der Waals surface area (Å²) in [7, 11) is 2.03.